The van der Waals surface area contributed by atoms with Crippen molar-refractivity contribution in [3.63, 3.8) is 0 Å². The van der Waals surface area contributed by atoms with Gasteiger partial charge in [-0.2, -0.15) is 0 Å². The number of piperazine rings is 1. The molecule has 1 aromatic rings. The third-order valence-electron chi connectivity index (χ3n) is 3.65. The van der Waals surface area contributed by atoms with E-state index in [4.69, 9.17) is 4.74 Å². The number of nitrogens with one attached hydrogen (secondary N) is 2. The Hall–Kier alpha value is -1.16. The predicted molar refractivity (Wildman–Crippen MR) is 92.9 cm³/mol. The summed E-state index contributed by atoms with van der Waals surface area (Å²) < 4.78 is 32.4. The molecule has 0 aliphatic carbocycles. The van der Waals surface area contributed by atoms with Gasteiger partial charge in [0.05, 0.1) is 39.3 Å². The van der Waals surface area contributed by atoms with E-state index in [9.17, 15) is 13.2 Å². The van der Waals surface area contributed by atoms with Crippen molar-refractivity contribution in [3.05, 3.63) is 17.5 Å². The summed E-state index contributed by atoms with van der Waals surface area (Å²) in [5.41, 5.74) is -0.485. The van der Waals surface area contributed by atoms with E-state index in [1.807, 2.05) is 20.8 Å². The van der Waals surface area contributed by atoms with Gasteiger partial charge in [-0.05, 0) is 32.2 Å². The van der Waals surface area contributed by atoms with Gasteiger partial charge in [0.15, 0.2) is 0 Å². The van der Waals surface area contributed by atoms with Crippen LogP contribution in [-0.4, -0.2) is 64.3 Å². The van der Waals surface area contributed by atoms with Crippen LogP contribution >= 0.6 is 11.3 Å². The number of carbonyl (C=O) groups excluding carboxylic acids is 1. The molecule has 0 spiro atoms. The molecule has 7 nitrogen and oxygen atoms in total. The SMILES string of the molecule is CC(C)(C)OC(=O)N1CC[NH+](CCNS(=O)(=O)c2cccs2)CC1. The summed E-state index contributed by atoms with van der Waals surface area (Å²) in [5, 5.41) is 1.75. The van der Waals surface area contributed by atoms with Crippen LogP contribution in [0.1, 0.15) is 20.8 Å². The van der Waals surface area contributed by atoms with E-state index in [0.29, 0.717) is 30.4 Å². The number of hydrogen-bond donors (Lipinski definition) is 2. The van der Waals surface area contributed by atoms with Crippen LogP contribution in [0.3, 0.4) is 0 Å². The number of ether oxygens (including phenoxy) is 1. The lowest BCUT2D eigenvalue weighted by Crippen LogP contribution is -3.15. The second-order valence-corrected chi connectivity index (χ2v) is 9.74. The smallest absolute Gasteiger partial charge is 0.410 e. The topological polar surface area (TPSA) is 80.2 Å². The zero-order valence-electron chi connectivity index (χ0n) is 14.4. The van der Waals surface area contributed by atoms with E-state index in [2.05, 4.69) is 4.72 Å². The van der Waals surface area contributed by atoms with Crippen molar-refractivity contribution >= 4 is 27.5 Å². The minimum absolute atomic E-state index is 0.278. The standard InChI is InChI=1S/C15H25N3O4S2/c1-15(2,3)22-14(19)18-10-8-17(9-11-18)7-6-16-24(20,21)13-5-4-12-23-13/h4-5,12,16H,6-11H2,1-3H3/p+1. The van der Waals surface area contributed by atoms with Crippen molar-refractivity contribution < 1.29 is 22.8 Å². The molecule has 0 aromatic carbocycles. The summed E-state index contributed by atoms with van der Waals surface area (Å²) in [7, 11) is -3.39. The number of nitrogens with zero attached hydrogens (tertiary/aromatic N) is 1. The molecule has 0 unspecified atom stereocenters. The second kappa shape index (κ2) is 7.81. The fourth-order valence-corrected chi connectivity index (χ4v) is 4.50. The second-order valence-electron chi connectivity index (χ2n) is 6.80. The van der Waals surface area contributed by atoms with E-state index in [1.54, 1.807) is 22.4 Å². The van der Waals surface area contributed by atoms with Gasteiger partial charge in [-0.3, -0.25) is 4.90 Å². The molecule has 1 amide bonds. The number of quaternary nitrogens is 1. The maximum atomic E-state index is 12.0. The summed E-state index contributed by atoms with van der Waals surface area (Å²) in [6.45, 7) is 9.49. The first-order chi connectivity index (χ1) is 11.2. The first-order valence-corrected chi connectivity index (χ1v) is 10.4. The van der Waals surface area contributed by atoms with Crippen LogP contribution in [-0.2, 0) is 14.8 Å². The molecule has 1 aliphatic rings. The van der Waals surface area contributed by atoms with Crippen LogP contribution in [0.4, 0.5) is 4.79 Å². The Morgan fingerprint density at radius 1 is 1.38 bits per heavy atom. The normalized spacial score (nSPS) is 17.0. The highest BCUT2D eigenvalue weighted by Crippen LogP contribution is 2.14. The predicted octanol–water partition coefficient (Wildman–Crippen LogP) is 0.162. The number of hydrogen-bond acceptors (Lipinski definition) is 5. The molecule has 24 heavy (non-hydrogen) atoms. The van der Waals surface area contributed by atoms with Gasteiger partial charge >= 0.3 is 6.09 Å². The fourth-order valence-electron chi connectivity index (χ4n) is 2.43. The molecule has 1 fully saturated rings. The van der Waals surface area contributed by atoms with Crippen LogP contribution in [0.5, 0.6) is 0 Å². The van der Waals surface area contributed by atoms with E-state index >= 15 is 0 Å². The van der Waals surface area contributed by atoms with Gasteiger partial charge < -0.3 is 9.64 Å². The summed E-state index contributed by atoms with van der Waals surface area (Å²) in [6.07, 6.45) is -0.278. The molecule has 2 heterocycles. The monoisotopic (exact) mass is 376 g/mol. The van der Waals surface area contributed by atoms with Gasteiger partial charge in [0.25, 0.3) is 0 Å². The number of thiophene rings is 1. The minimum Gasteiger partial charge on any atom is -0.444 e. The van der Waals surface area contributed by atoms with Crippen molar-refractivity contribution in [2.75, 3.05) is 39.3 Å². The van der Waals surface area contributed by atoms with Gasteiger partial charge in [-0.25, -0.2) is 17.9 Å². The Morgan fingerprint density at radius 3 is 2.58 bits per heavy atom. The largest absolute Gasteiger partial charge is 0.444 e. The first-order valence-electron chi connectivity index (χ1n) is 8.02. The summed E-state index contributed by atoms with van der Waals surface area (Å²) in [6, 6.07) is 3.32. The van der Waals surface area contributed by atoms with Gasteiger partial charge in [-0.1, -0.05) is 6.07 Å². The average Bonchev–Trinajstić information content (AvgIpc) is 3.01. The Bertz CT molecular complexity index is 630. The molecule has 0 radical (unpaired) electrons. The molecular formula is C15H26N3O4S2+. The highest BCUT2D eigenvalue weighted by Gasteiger charge is 2.27. The Morgan fingerprint density at radius 2 is 2.04 bits per heavy atom. The summed E-state index contributed by atoms with van der Waals surface area (Å²) in [5.74, 6) is 0. The van der Waals surface area contributed by atoms with E-state index in [-0.39, 0.29) is 6.09 Å². The Labute approximate surface area is 147 Å². The van der Waals surface area contributed by atoms with Crippen LogP contribution in [0, 0.1) is 0 Å². The van der Waals surface area contributed by atoms with E-state index in [1.165, 1.54) is 16.2 Å². The lowest BCUT2D eigenvalue weighted by molar-refractivity contribution is -0.902. The minimum atomic E-state index is -3.39. The fraction of sp³-hybridized carbons (Fsp3) is 0.667. The molecule has 0 bridgehead atoms. The third-order valence-corrected chi connectivity index (χ3v) is 6.51. The van der Waals surface area contributed by atoms with Crippen molar-refractivity contribution in [1.29, 1.82) is 0 Å². The Kier molecular flexibility index (Phi) is 6.24. The van der Waals surface area contributed by atoms with Crippen molar-refractivity contribution in [2.24, 2.45) is 0 Å². The van der Waals surface area contributed by atoms with Crippen LogP contribution < -0.4 is 9.62 Å². The lowest BCUT2D eigenvalue weighted by Gasteiger charge is -2.33. The van der Waals surface area contributed by atoms with Crippen LogP contribution in [0.25, 0.3) is 0 Å². The number of carbonyl (C=O) groups is 1. The molecular weight excluding hydrogens is 350 g/mol. The highest BCUT2D eigenvalue weighted by molar-refractivity contribution is 7.91. The maximum Gasteiger partial charge on any atom is 0.410 e. The molecule has 9 heteroatoms. The summed E-state index contributed by atoms with van der Waals surface area (Å²) in [4.78, 5) is 15.0. The Balaban J connectivity index is 1.71. The molecule has 0 atom stereocenters. The van der Waals surface area contributed by atoms with Crippen molar-refractivity contribution in [2.45, 2.75) is 30.6 Å². The average molecular weight is 377 g/mol. The van der Waals surface area contributed by atoms with Gasteiger partial charge in [0, 0.05) is 0 Å². The quantitative estimate of drug-likeness (QED) is 0.767. The number of rotatable bonds is 5. The molecule has 1 aliphatic heterocycles. The van der Waals surface area contributed by atoms with E-state index < -0.39 is 15.6 Å². The van der Waals surface area contributed by atoms with Gasteiger partial charge in [0.1, 0.15) is 9.81 Å². The van der Waals surface area contributed by atoms with E-state index in [0.717, 1.165) is 13.1 Å². The summed E-state index contributed by atoms with van der Waals surface area (Å²) >= 11 is 1.21. The molecule has 2 rings (SSSR count). The molecule has 2 N–H and O–H groups in total. The van der Waals surface area contributed by atoms with Gasteiger partial charge in [-0.15, -0.1) is 11.3 Å². The van der Waals surface area contributed by atoms with Crippen molar-refractivity contribution in [3.8, 4) is 0 Å². The highest BCUT2D eigenvalue weighted by atomic mass is 32.2. The number of amides is 1. The lowest BCUT2D eigenvalue weighted by atomic mass is 10.2. The third kappa shape index (κ3) is 5.73. The van der Waals surface area contributed by atoms with Crippen molar-refractivity contribution in [1.82, 2.24) is 9.62 Å². The van der Waals surface area contributed by atoms with Crippen LogP contribution in [0.2, 0.25) is 0 Å². The molecule has 136 valence electrons. The molecule has 1 saturated heterocycles. The van der Waals surface area contributed by atoms with Crippen LogP contribution in [0.15, 0.2) is 21.7 Å². The van der Waals surface area contributed by atoms with Gasteiger partial charge in [0.2, 0.25) is 10.0 Å². The zero-order valence-corrected chi connectivity index (χ0v) is 16.0. The molecule has 1 aromatic heterocycles. The first kappa shape index (κ1) is 19.2. The number of sulfonamides is 1. The maximum absolute atomic E-state index is 12.0. The zero-order chi connectivity index (χ0) is 17.8. The molecule has 0 saturated carbocycles.